The van der Waals surface area contributed by atoms with Crippen LogP contribution >= 0.6 is 23.2 Å². The summed E-state index contributed by atoms with van der Waals surface area (Å²) in [5.74, 6) is -1.67. The average molecular weight is 516 g/mol. The van der Waals surface area contributed by atoms with Gasteiger partial charge in [-0.25, -0.2) is 10.2 Å². The summed E-state index contributed by atoms with van der Waals surface area (Å²) in [5, 5.41) is 6.74. The van der Waals surface area contributed by atoms with E-state index in [9.17, 15) is 14.4 Å². The number of hydrazone groups is 1. The van der Waals surface area contributed by atoms with Crippen LogP contribution in [-0.4, -0.2) is 38.2 Å². The molecule has 0 fully saturated rings. The molecule has 3 aromatic carbocycles. The predicted molar refractivity (Wildman–Crippen MR) is 132 cm³/mol. The third kappa shape index (κ3) is 6.95. The summed E-state index contributed by atoms with van der Waals surface area (Å²) in [4.78, 5) is 36.5. The van der Waals surface area contributed by atoms with Gasteiger partial charge in [0, 0.05) is 16.8 Å². The van der Waals surface area contributed by atoms with Crippen molar-refractivity contribution in [1.29, 1.82) is 0 Å². The third-order valence-electron chi connectivity index (χ3n) is 4.45. The topological polar surface area (TPSA) is 115 Å². The number of hydrogen-bond acceptors (Lipinski definition) is 7. The molecule has 11 heteroatoms. The van der Waals surface area contributed by atoms with Crippen molar-refractivity contribution in [2.75, 3.05) is 19.5 Å². The smallest absolute Gasteiger partial charge is 0.345 e. The van der Waals surface area contributed by atoms with E-state index < -0.39 is 17.8 Å². The molecule has 2 amide bonds. The van der Waals surface area contributed by atoms with E-state index in [-0.39, 0.29) is 22.1 Å². The highest BCUT2D eigenvalue weighted by molar-refractivity contribution is 6.39. The van der Waals surface area contributed by atoms with Gasteiger partial charge in [0.05, 0.1) is 31.0 Å². The molecule has 9 nitrogen and oxygen atoms in total. The molecular weight excluding hydrogens is 497 g/mol. The van der Waals surface area contributed by atoms with E-state index in [4.69, 9.17) is 37.4 Å². The summed E-state index contributed by atoms with van der Waals surface area (Å²) < 4.78 is 15.7. The van der Waals surface area contributed by atoms with Crippen LogP contribution in [-0.2, 0) is 9.59 Å². The van der Waals surface area contributed by atoms with Crippen LogP contribution in [0.5, 0.6) is 17.2 Å². The lowest BCUT2D eigenvalue weighted by Crippen LogP contribution is -2.32. The average Bonchev–Trinajstić information content (AvgIpc) is 2.84. The standard InChI is InChI=1S/C24H19Cl2N3O6/c1-33-17-5-3-4-16(12-17)28-22(30)23(31)29-27-13-14-6-9-20(21(10-14)34-2)35-24(32)18-8-7-15(25)11-19(18)26/h3-13H,1-2H3,(H,28,30)(H,29,31)/b27-13+. The number of methoxy groups -OCH3 is 2. The Hall–Kier alpha value is -4.08. The van der Waals surface area contributed by atoms with Gasteiger partial charge in [-0.05, 0) is 54.1 Å². The molecule has 180 valence electrons. The van der Waals surface area contributed by atoms with Crippen molar-refractivity contribution in [1.82, 2.24) is 5.43 Å². The number of nitrogens with one attached hydrogen (secondary N) is 2. The van der Waals surface area contributed by atoms with Gasteiger partial charge in [0.2, 0.25) is 0 Å². The van der Waals surface area contributed by atoms with Gasteiger partial charge in [0.15, 0.2) is 11.5 Å². The fourth-order valence-corrected chi connectivity index (χ4v) is 3.25. The number of hydrogen-bond donors (Lipinski definition) is 2. The van der Waals surface area contributed by atoms with Crippen molar-refractivity contribution < 1.29 is 28.6 Å². The number of halogens is 2. The van der Waals surface area contributed by atoms with E-state index in [1.807, 2.05) is 0 Å². The molecule has 3 aromatic rings. The molecule has 0 saturated heterocycles. The lowest BCUT2D eigenvalue weighted by atomic mass is 10.2. The summed E-state index contributed by atoms with van der Waals surface area (Å²) >= 11 is 11.9. The molecular formula is C24H19Cl2N3O6. The fraction of sp³-hybridized carbons (Fsp3) is 0.0833. The van der Waals surface area contributed by atoms with Gasteiger partial charge < -0.3 is 19.5 Å². The monoisotopic (exact) mass is 515 g/mol. The second-order valence-electron chi connectivity index (χ2n) is 6.81. The van der Waals surface area contributed by atoms with Crippen molar-refractivity contribution in [3.63, 3.8) is 0 Å². The molecule has 0 heterocycles. The number of esters is 1. The van der Waals surface area contributed by atoms with E-state index in [2.05, 4.69) is 15.8 Å². The van der Waals surface area contributed by atoms with Crippen molar-refractivity contribution in [3.8, 4) is 17.2 Å². The fourth-order valence-electron chi connectivity index (χ4n) is 2.76. The molecule has 0 radical (unpaired) electrons. The van der Waals surface area contributed by atoms with Crippen molar-refractivity contribution in [3.05, 3.63) is 81.8 Å². The van der Waals surface area contributed by atoms with Crippen molar-refractivity contribution in [2.45, 2.75) is 0 Å². The highest BCUT2D eigenvalue weighted by atomic mass is 35.5. The maximum absolute atomic E-state index is 12.5. The van der Waals surface area contributed by atoms with Gasteiger partial charge in [-0.1, -0.05) is 29.3 Å². The first-order valence-corrected chi connectivity index (χ1v) is 10.7. The molecule has 0 aliphatic heterocycles. The van der Waals surface area contributed by atoms with Gasteiger partial charge in [-0.3, -0.25) is 9.59 Å². The Kier molecular flexibility index (Phi) is 8.66. The normalized spacial score (nSPS) is 10.5. The van der Waals surface area contributed by atoms with Gasteiger partial charge in [0.1, 0.15) is 5.75 Å². The Morgan fingerprint density at radius 2 is 1.69 bits per heavy atom. The number of amides is 2. The van der Waals surface area contributed by atoms with Crippen LogP contribution in [0.4, 0.5) is 5.69 Å². The molecule has 0 spiro atoms. The van der Waals surface area contributed by atoms with Crippen molar-refractivity contribution >= 4 is 52.9 Å². The number of ether oxygens (including phenoxy) is 3. The van der Waals surface area contributed by atoms with Crippen molar-refractivity contribution in [2.24, 2.45) is 5.10 Å². The molecule has 35 heavy (non-hydrogen) atoms. The van der Waals surface area contributed by atoms with Crippen LogP contribution in [0.2, 0.25) is 10.0 Å². The van der Waals surface area contributed by atoms with Gasteiger partial charge >= 0.3 is 17.8 Å². The molecule has 3 rings (SSSR count). The zero-order valence-electron chi connectivity index (χ0n) is 18.5. The zero-order chi connectivity index (χ0) is 25.4. The van der Waals surface area contributed by atoms with Crippen LogP contribution in [0.1, 0.15) is 15.9 Å². The first-order chi connectivity index (χ1) is 16.8. The molecule has 2 N–H and O–H groups in total. The van der Waals surface area contributed by atoms with Gasteiger partial charge in [-0.2, -0.15) is 5.10 Å². The first-order valence-electron chi connectivity index (χ1n) is 9.94. The quantitative estimate of drug-likeness (QED) is 0.159. The molecule has 0 aromatic heterocycles. The Labute approximate surface area is 210 Å². The minimum atomic E-state index is -0.971. The second kappa shape index (κ2) is 11.9. The highest BCUT2D eigenvalue weighted by Gasteiger charge is 2.16. The minimum Gasteiger partial charge on any atom is -0.497 e. The second-order valence-corrected chi connectivity index (χ2v) is 7.65. The summed E-state index contributed by atoms with van der Waals surface area (Å²) in [6.07, 6.45) is 1.29. The maximum atomic E-state index is 12.5. The maximum Gasteiger partial charge on any atom is 0.345 e. The Balaban J connectivity index is 1.62. The Bertz CT molecular complexity index is 1300. The van der Waals surface area contributed by atoms with E-state index in [1.54, 1.807) is 30.3 Å². The molecule has 0 unspecified atom stereocenters. The van der Waals surface area contributed by atoms with Gasteiger partial charge in [-0.15, -0.1) is 0 Å². The van der Waals surface area contributed by atoms with E-state index in [0.29, 0.717) is 22.0 Å². The third-order valence-corrected chi connectivity index (χ3v) is 5.00. The molecule has 0 saturated carbocycles. The van der Waals surface area contributed by atoms with Crippen LogP contribution in [0.3, 0.4) is 0 Å². The summed E-state index contributed by atoms with van der Waals surface area (Å²) in [6.45, 7) is 0. The summed E-state index contributed by atoms with van der Waals surface area (Å²) in [6, 6.07) is 15.5. The summed E-state index contributed by atoms with van der Waals surface area (Å²) in [7, 11) is 2.89. The lowest BCUT2D eigenvalue weighted by molar-refractivity contribution is -0.136. The number of rotatable bonds is 7. The van der Waals surface area contributed by atoms with Gasteiger partial charge in [0.25, 0.3) is 0 Å². The highest BCUT2D eigenvalue weighted by Crippen LogP contribution is 2.30. The van der Waals surface area contributed by atoms with E-state index in [0.717, 1.165) is 0 Å². The largest absolute Gasteiger partial charge is 0.497 e. The van der Waals surface area contributed by atoms with Crippen LogP contribution in [0.25, 0.3) is 0 Å². The number of nitrogens with zero attached hydrogens (tertiary/aromatic N) is 1. The molecule has 0 aliphatic carbocycles. The number of carbonyl (C=O) groups excluding carboxylic acids is 3. The minimum absolute atomic E-state index is 0.138. The molecule has 0 atom stereocenters. The van der Waals surface area contributed by atoms with E-state index in [1.165, 1.54) is 50.8 Å². The SMILES string of the molecule is COc1cccc(NC(=O)C(=O)N/N=C/c2ccc(OC(=O)c3ccc(Cl)cc3Cl)c(OC)c2)c1. The Morgan fingerprint density at radius 3 is 2.40 bits per heavy atom. The van der Waals surface area contributed by atoms with E-state index >= 15 is 0 Å². The van der Waals surface area contributed by atoms with Crippen LogP contribution in [0.15, 0.2) is 65.8 Å². The predicted octanol–water partition coefficient (Wildman–Crippen LogP) is 4.32. The number of carbonyl (C=O) groups is 3. The van der Waals surface area contributed by atoms with Crippen LogP contribution < -0.4 is 25.0 Å². The number of anilines is 1. The summed E-state index contributed by atoms with van der Waals surface area (Å²) in [5.41, 5.74) is 3.16. The zero-order valence-corrected chi connectivity index (χ0v) is 20.0. The Morgan fingerprint density at radius 1 is 0.886 bits per heavy atom. The molecule has 0 aliphatic rings. The lowest BCUT2D eigenvalue weighted by Gasteiger charge is -2.10. The molecule has 0 bridgehead atoms. The number of benzene rings is 3. The first kappa shape index (κ1) is 25.5. The van der Waals surface area contributed by atoms with Crippen LogP contribution in [0, 0.1) is 0 Å².